The van der Waals surface area contributed by atoms with Crippen LogP contribution in [-0.4, -0.2) is 45.7 Å². The second kappa shape index (κ2) is 9.99. The Hall–Kier alpha value is -3.14. The third-order valence-corrected chi connectivity index (χ3v) is 6.18. The van der Waals surface area contributed by atoms with Gasteiger partial charge in [-0.25, -0.2) is 14.8 Å². The molecule has 2 N–H and O–H groups in total. The summed E-state index contributed by atoms with van der Waals surface area (Å²) in [4.78, 5) is 29.0. The quantitative estimate of drug-likeness (QED) is 0.541. The molecule has 0 radical (unpaired) electrons. The number of rotatable bonds is 8. The summed E-state index contributed by atoms with van der Waals surface area (Å²) in [6, 6.07) is 1.74. The molecular weight excluding hydrogens is 426 g/mol. The van der Waals surface area contributed by atoms with Gasteiger partial charge in [-0.3, -0.25) is 10.3 Å². The standard InChI is InChI=1S/C22H29N7O2S/c1-15(2)11-28-12-16(25-14-28)4-6-24-21(30)27-22-26-19-5-7-29(13-20(19)32-22)17-8-18(31-3)10-23-9-17/h8-10,12,14-15H,4-7,11,13H2,1-3H3,(H2,24,26,27,30). The van der Waals surface area contributed by atoms with Gasteiger partial charge in [-0.1, -0.05) is 25.2 Å². The number of thiazole rings is 1. The summed E-state index contributed by atoms with van der Waals surface area (Å²) in [6.07, 6.45) is 8.94. The monoisotopic (exact) mass is 455 g/mol. The fourth-order valence-corrected chi connectivity index (χ4v) is 4.68. The summed E-state index contributed by atoms with van der Waals surface area (Å²) >= 11 is 1.52. The number of carbonyl (C=O) groups excluding carboxylic acids is 1. The summed E-state index contributed by atoms with van der Waals surface area (Å²) in [5, 5.41) is 6.39. The topological polar surface area (TPSA) is 97.2 Å². The van der Waals surface area contributed by atoms with Crippen molar-refractivity contribution in [1.29, 1.82) is 0 Å². The van der Waals surface area contributed by atoms with Crippen LogP contribution in [0.3, 0.4) is 0 Å². The van der Waals surface area contributed by atoms with Crippen molar-refractivity contribution in [2.45, 2.75) is 39.8 Å². The average Bonchev–Trinajstić information content (AvgIpc) is 3.38. The smallest absolute Gasteiger partial charge is 0.321 e. The molecule has 0 atom stereocenters. The Morgan fingerprint density at radius 3 is 3.03 bits per heavy atom. The Morgan fingerprint density at radius 2 is 2.22 bits per heavy atom. The maximum atomic E-state index is 12.3. The van der Waals surface area contributed by atoms with Gasteiger partial charge in [0.05, 0.1) is 49.5 Å². The van der Waals surface area contributed by atoms with Crippen LogP contribution in [0.15, 0.2) is 31.0 Å². The van der Waals surface area contributed by atoms with E-state index in [0.29, 0.717) is 24.0 Å². The summed E-state index contributed by atoms with van der Waals surface area (Å²) in [6.45, 7) is 7.41. The highest BCUT2D eigenvalue weighted by molar-refractivity contribution is 7.15. The average molecular weight is 456 g/mol. The number of nitrogens with one attached hydrogen (secondary N) is 2. The van der Waals surface area contributed by atoms with Gasteiger partial charge in [0.15, 0.2) is 5.13 Å². The van der Waals surface area contributed by atoms with E-state index >= 15 is 0 Å². The van der Waals surface area contributed by atoms with E-state index < -0.39 is 0 Å². The zero-order valence-electron chi connectivity index (χ0n) is 18.7. The highest BCUT2D eigenvalue weighted by Crippen LogP contribution is 2.31. The van der Waals surface area contributed by atoms with Gasteiger partial charge in [-0.15, -0.1) is 0 Å². The largest absolute Gasteiger partial charge is 0.495 e. The zero-order chi connectivity index (χ0) is 22.5. The lowest BCUT2D eigenvalue weighted by Gasteiger charge is -2.27. The fraction of sp³-hybridized carbons (Fsp3) is 0.455. The molecule has 0 aliphatic carbocycles. The van der Waals surface area contributed by atoms with Gasteiger partial charge in [-0.2, -0.15) is 0 Å². The van der Waals surface area contributed by atoms with E-state index in [4.69, 9.17) is 4.74 Å². The maximum absolute atomic E-state index is 12.3. The summed E-state index contributed by atoms with van der Waals surface area (Å²) in [5.74, 6) is 1.31. The number of nitrogens with zero attached hydrogens (tertiary/aromatic N) is 5. The molecule has 3 aromatic heterocycles. The molecule has 0 saturated heterocycles. The van der Waals surface area contributed by atoms with Gasteiger partial charge in [-0.05, 0) is 5.92 Å². The molecule has 3 aromatic rings. The number of ether oxygens (including phenoxy) is 1. The predicted molar refractivity (Wildman–Crippen MR) is 125 cm³/mol. The highest BCUT2D eigenvalue weighted by Gasteiger charge is 2.22. The summed E-state index contributed by atoms with van der Waals surface area (Å²) < 4.78 is 7.37. The summed E-state index contributed by atoms with van der Waals surface area (Å²) in [7, 11) is 1.64. The number of fused-ring (bicyclic) bond motifs is 1. The Labute approximate surface area is 191 Å². The van der Waals surface area contributed by atoms with E-state index in [1.807, 2.05) is 24.8 Å². The van der Waals surface area contributed by atoms with Crippen LogP contribution < -0.4 is 20.3 Å². The van der Waals surface area contributed by atoms with Crippen LogP contribution in [0.25, 0.3) is 0 Å². The van der Waals surface area contributed by atoms with Gasteiger partial charge in [0.1, 0.15) is 5.75 Å². The second-order valence-corrected chi connectivity index (χ2v) is 9.31. The third-order valence-electron chi connectivity index (χ3n) is 5.18. The van der Waals surface area contributed by atoms with E-state index in [9.17, 15) is 4.79 Å². The molecule has 2 amide bonds. The highest BCUT2D eigenvalue weighted by atomic mass is 32.1. The van der Waals surface area contributed by atoms with E-state index in [0.717, 1.165) is 53.8 Å². The summed E-state index contributed by atoms with van der Waals surface area (Å²) in [5.41, 5.74) is 3.04. The van der Waals surface area contributed by atoms with Crippen LogP contribution in [0.5, 0.6) is 5.75 Å². The number of urea groups is 1. The van der Waals surface area contributed by atoms with Gasteiger partial charge >= 0.3 is 6.03 Å². The number of imidazole rings is 1. The number of methoxy groups -OCH3 is 1. The van der Waals surface area contributed by atoms with Crippen LogP contribution >= 0.6 is 11.3 Å². The van der Waals surface area contributed by atoms with E-state index in [-0.39, 0.29) is 6.03 Å². The molecule has 0 bridgehead atoms. The molecule has 0 unspecified atom stereocenters. The lowest BCUT2D eigenvalue weighted by molar-refractivity contribution is 0.252. The van der Waals surface area contributed by atoms with Crippen molar-refractivity contribution in [3.63, 3.8) is 0 Å². The molecule has 0 saturated carbocycles. The molecule has 1 aliphatic heterocycles. The molecule has 0 spiro atoms. The van der Waals surface area contributed by atoms with Crippen LogP contribution in [0.4, 0.5) is 15.6 Å². The molecule has 9 nitrogen and oxygen atoms in total. The lowest BCUT2D eigenvalue weighted by atomic mass is 10.1. The van der Waals surface area contributed by atoms with Crippen molar-refractivity contribution in [3.05, 3.63) is 47.2 Å². The van der Waals surface area contributed by atoms with Gasteiger partial charge in [0.2, 0.25) is 0 Å². The van der Waals surface area contributed by atoms with Crippen LogP contribution in [0, 0.1) is 5.92 Å². The van der Waals surface area contributed by atoms with Gasteiger partial charge in [0.25, 0.3) is 0 Å². The predicted octanol–water partition coefficient (Wildman–Crippen LogP) is 3.33. The first-order chi connectivity index (χ1) is 15.5. The van der Waals surface area contributed by atoms with Crippen LogP contribution in [-0.2, 0) is 25.9 Å². The minimum absolute atomic E-state index is 0.244. The molecule has 4 rings (SSSR count). The Kier molecular flexibility index (Phi) is 6.89. The molecule has 0 fully saturated rings. The Morgan fingerprint density at radius 1 is 1.34 bits per heavy atom. The maximum Gasteiger partial charge on any atom is 0.321 e. The normalized spacial score (nSPS) is 13.2. The van der Waals surface area contributed by atoms with Crippen molar-refractivity contribution < 1.29 is 9.53 Å². The third kappa shape index (κ3) is 5.56. The molecule has 0 aromatic carbocycles. The second-order valence-electron chi connectivity index (χ2n) is 8.23. The van der Waals surface area contributed by atoms with Crippen molar-refractivity contribution in [1.82, 2.24) is 24.8 Å². The minimum Gasteiger partial charge on any atom is -0.495 e. The Balaban J connectivity index is 1.27. The molecule has 170 valence electrons. The van der Waals surface area contributed by atoms with Crippen molar-refractivity contribution in [2.75, 3.05) is 30.4 Å². The minimum atomic E-state index is -0.244. The van der Waals surface area contributed by atoms with E-state index in [1.165, 1.54) is 11.3 Å². The zero-order valence-corrected chi connectivity index (χ0v) is 19.5. The number of aromatic nitrogens is 4. The number of hydrogen-bond donors (Lipinski definition) is 2. The van der Waals surface area contributed by atoms with Crippen molar-refractivity contribution in [2.24, 2.45) is 5.92 Å². The molecule has 1 aliphatic rings. The van der Waals surface area contributed by atoms with Gasteiger partial charge < -0.3 is 19.5 Å². The van der Waals surface area contributed by atoms with Crippen molar-refractivity contribution >= 4 is 28.2 Å². The first-order valence-electron chi connectivity index (χ1n) is 10.8. The molecule has 4 heterocycles. The fourth-order valence-electron chi connectivity index (χ4n) is 3.66. The SMILES string of the molecule is COc1cncc(N2CCc3nc(NC(=O)NCCc4cn(CC(C)C)cn4)sc3C2)c1. The number of anilines is 2. The molecule has 10 heteroatoms. The van der Waals surface area contributed by atoms with Crippen molar-refractivity contribution in [3.8, 4) is 5.75 Å². The molecule has 32 heavy (non-hydrogen) atoms. The van der Waals surface area contributed by atoms with Gasteiger partial charge in [0, 0.05) is 49.6 Å². The number of hydrogen-bond acceptors (Lipinski definition) is 7. The van der Waals surface area contributed by atoms with E-state index in [1.54, 1.807) is 13.3 Å². The number of pyridine rings is 1. The molecular formula is C22H29N7O2S. The van der Waals surface area contributed by atoms with Crippen LogP contribution in [0.2, 0.25) is 0 Å². The number of amides is 2. The Bertz CT molecular complexity index is 1060. The lowest BCUT2D eigenvalue weighted by Crippen LogP contribution is -2.30. The first-order valence-corrected chi connectivity index (χ1v) is 11.6. The first kappa shape index (κ1) is 22.1. The van der Waals surface area contributed by atoms with E-state index in [2.05, 4.69) is 48.9 Å². The van der Waals surface area contributed by atoms with Crippen LogP contribution in [0.1, 0.15) is 30.1 Å². The number of carbonyl (C=O) groups is 1.